The van der Waals surface area contributed by atoms with Crippen LogP contribution in [0.3, 0.4) is 0 Å². The molecule has 0 aliphatic heterocycles. The first kappa shape index (κ1) is 21.6. The van der Waals surface area contributed by atoms with Gasteiger partial charge in [-0.15, -0.1) is 0 Å². The molecular formula is C23H29NO4. The van der Waals surface area contributed by atoms with Gasteiger partial charge in [-0.3, -0.25) is 4.79 Å². The van der Waals surface area contributed by atoms with Crippen LogP contribution in [0.2, 0.25) is 0 Å². The zero-order valence-corrected chi connectivity index (χ0v) is 17.0. The van der Waals surface area contributed by atoms with Crippen molar-refractivity contribution in [1.82, 2.24) is 0 Å². The van der Waals surface area contributed by atoms with Crippen molar-refractivity contribution >= 4 is 17.6 Å². The average Bonchev–Trinajstić information content (AvgIpc) is 2.70. The molecule has 2 aromatic rings. The third-order valence-electron chi connectivity index (χ3n) is 4.49. The first-order valence-corrected chi connectivity index (χ1v) is 9.67. The Morgan fingerprint density at radius 1 is 1.00 bits per heavy atom. The highest BCUT2D eigenvalue weighted by atomic mass is 16.5. The van der Waals surface area contributed by atoms with Crippen LogP contribution in [-0.2, 0) is 20.9 Å². The van der Waals surface area contributed by atoms with Gasteiger partial charge < -0.3 is 14.8 Å². The highest BCUT2D eigenvalue weighted by Crippen LogP contribution is 2.26. The molecule has 0 aliphatic carbocycles. The van der Waals surface area contributed by atoms with Crippen LogP contribution in [0.4, 0.5) is 5.69 Å². The zero-order valence-electron chi connectivity index (χ0n) is 17.0. The Morgan fingerprint density at radius 2 is 1.68 bits per heavy atom. The summed E-state index contributed by atoms with van der Waals surface area (Å²) >= 11 is 0. The van der Waals surface area contributed by atoms with Crippen molar-refractivity contribution in [1.29, 1.82) is 0 Å². The van der Waals surface area contributed by atoms with E-state index in [4.69, 9.17) is 9.47 Å². The molecule has 1 amide bonds. The van der Waals surface area contributed by atoms with Gasteiger partial charge in [0.2, 0.25) is 0 Å². The summed E-state index contributed by atoms with van der Waals surface area (Å²) in [4.78, 5) is 24.4. The van der Waals surface area contributed by atoms with E-state index in [1.54, 1.807) is 12.1 Å². The molecule has 0 radical (unpaired) electrons. The maximum atomic E-state index is 12.2. The molecule has 1 atom stereocenters. The molecule has 5 nitrogen and oxygen atoms in total. The SMILES string of the molecule is CC[C@@H](C)c1ccccc1NC(=O)COC(=O)c1ccc(COC(C)C)cc1. The molecule has 2 rings (SSSR count). The van der Waals surface area contributed by atoms with Gasteiger partial charge in [0.1, 0.15) is 0 Å². The molecule has 1 N–H and O–H groups in total. The number of ether oxygens (including phenoxy) is 2. The normalized spacial score (nSPS) is 11.9. The molecule has 0 heterocycles. The lowest BCUT2D eigenvalue weighted by Gasteiger charge is -2.15. The molecule has 28 heavy (non-hydrogen) atoms. The van der Waals surface area contributed by atoms with Crippen molar-refractivity contribution in [3.63, 3.8) is 0 Å². The van der Waals surface area contributed by atoms with Crippen LogP contribution < -0.4 is 5.32 Å². The molecule has 0 unspecified atom stereocenters. The van der Waals surface area contributed by atoms with Gasteiger partial charge in [0.15, 0.2) is 6.61 Å². The molecule has 0 aliphatic rings. The monoisotopic (exact) mass is 383 g/mol. The lowest BCUT2D eigenvalue weighted by Crippen LogP contribution is -2.21. The minimum absolute atomic E-state index is 0.147. The van der Waals surface area contributed by atoms with Crippen molar-refractivity contribution in [2.45, 2.75) is 52.7 Å². The zero-order chi connectivity index (χ0) is 20.5. The van der Waals surface area contributed by atoms with E-state index >= 15 is 0 Å². The van der Waals surface area contributed by atoms with Crippen molar-refractivity contribution in [2.75, 3.05) is 11.9 Å². The summed E-state index contributed by atoms with van der Waals surface area (Å²) in [6.07, 6.45) is 1.12. The van der Waals surface area contributed by atoms with Gasteiger partial charge in [-0.1, -0.05) is 44.2 Å². The number of para-hydroxylation sites is 1. The predicted molar refractivity (Wildman–Crippen MR) is 110 cm³/mol. The largest absolute Gasteiger partial charge is 0.452 e. The van der Waals surface area contributed by atoms with Gasteiger partial charge in [0, 0.05) is 5.69 Å². The lowest BCUT2D eigenvalue weighted by molar-refractivity contribution is -0.119. The van der Waals surface area contributed by atoms with E-state index in [0.717, 1.165) is 23.2 Å². The quantitative estimate of drug-likeness (QED) is 0.624. The van der Waals surface area contributed by atoms with E-state index in [1.807, 2.05) is 50.2 Å². The van der Waals surface area contributed by atoms with Crippen LogP contribution in [-0.4, -0.2) is 24.6 Å². The van der Waals surface area contributed by atoms with E-state index in [-0.39, 0.29) is 18.6 Å². The molecule has 0 spiro atoms. The van der Waals surface area contributed by atoms with Crippen molar-refractivity contribution in [3.8, 4) is 0 Å². The Kier molecular flexibility index (Phi) is 8.20. The van der Waals surface area contributed by atoms with E-state index in [0.29, 0.717) is 18.1 Å². The molecule has 0 bridgehead atoms. The number of hydrogen-bond acceptors (Lipinski definition) is 4. The summed E-state index contributed by atoms with van der Waals surface area (Å²) in [6, 6.07) is 14.7. The number of amides is 1. The van der Waals surface area contributed by atoms with Gasteiger partial charge in [0.05, 0.1) is 18.3 Å². The summed E-state index contributed by atoms with van der Waals surface area (Å²) in [6.45, 7) is 8.32. The van der Waals surface area contributed by atoms with E-state index in [2.05, 4.69) is 19.2 Å². The maximum Gasteiger partial charge on any atom is 0.338 e. The van der Waals surface area contributed by atoms with Crippen LogP contribution in [0, 0.1) is 0 Å². The molecule has 5 heteroatoms. The molecular weight excluding hydrogens is 354 g/mol. The molecule has 2 aromatic carbocycles. The summed E-state index contributed by atoms with van der Waals surface area (Å²) < 4.78 is 10.7. The highest BCUT2D eigenvalue weighted by molar-refractivity contribution is 5.96. The Morgan fingerprint density at radius 3 is 2.32 bits per heavy atom. The van der Waals surface area contributed by atoms with Crippen LogP contribution in [0.1, 0.15) is 61.5 Å². The van der Waals surface area contributed by atoms with Gasteiger partial charge in [-0.2, -0.15) is 0 Å². The summed E-state index contributed by atoms with van der Waals surface area (Å²) in [5.41, 5.74) is 3.21. The van der Waals surface area contributed by atoms with Gasteiger partial charge in [0.25, 0.3) is 5.91 Å². The first-order valence-electron chi connectivity index (χ1n) is 9.67. The predicted octanol–water partition coefficient (Wildman–Crippen LogP) is 4.92. The number of carbonyl (C=O) groups is 2. The molecule has 0 fully saturated rings. The Bertz CT molecular complexity index is 783. The minimum atomic E-state index is -0.526. The smallest absolute Gasteiger partial charge is 0.338 e. The van der Waals surface area contributed by atoms with Gasteiger partial charge in [-0.05, 0) is 55.5 Å². The number of carbonyl (C=O) groups excluding carboxylic acids is 2. The third-order valence-corrected chi connectivity index (χ3v) is 4.49. The fraction of sp³-hybridized carbons (Fsp3) is 0.391. The van der Waals surface area contributed by atoms with Crippen LogP contribution in [0.5, 0.6) is 0 Å². The molecule has 0 aromatic heterocycles. The van der Waals surface area contributed by atoms with E-state index in [1.165, 1.54) is 0 Å². The summed E-state index contributed by atoms with van der Waals surface area (Å²) in [7, 11) is 0. The van der Waals surface area contributed by atoms with E-state index in [9.17, 15) is 9.59 Å². The van der Waals surface area contributed by atoms with Crippen molar-refractivity contribution < 1.29 is 19.1 Å². The number of anilines is 1. The number of esters is 1. The van der Waals surface area contributed by atoms with Crippen molar-refractivity contribution in [3.05, 3.63) is 65.2 Å². The third kappa shape index (κ3) is 6.50. The minimum Gasteiger partial charge on any atom is -0.452 e. The number of hydrogen-bond donors (Lipinski definition) is 1. The number of benzene rings is 2. The number of rotatable bonds is 9. The molecule has 0 saturated carbocycles. The molecule has 150 valence electrons. The van der Waals surface area contributed by atoms with Crippen LogP contribution >= 0.6 is 0 Å². The lowest BCUT2D eigenvalue weighted by atomic mass is 9.97. The standard InChI is InChI=1S/C23H29NO4/c1-5-17(4)20-8-6-7-9-21(20)24-22(25)15-28-23(26)19-12-10-18(11-13-19)14-27-16(2)3/h6-13,16-17H,5,14-15H2,1-4H3,(H,24,25)/t17-/m1/s1. The maximum absolute atomic E-state index is 12.2. The first-order chi connectivity index (χ1) is 13.4. The van der Waals surface area contributed by atoms with Crippen molar-refractivity contribution in [2.24, 2.45) is 0 Å². The highest BCUT2D eigenvalue weighted by Gasteiger charge is 2.13. The topological polar surface area (TPSA) is 64.6 Å². The second-order valence-electron chi connectivity index (χ2n) is 7.08. The number of nitrogens with one attached hydrogen (secondary N) is 1. The average molecular weight is 383 g/mol. The Labute approximate surface area is 167 Å². The Balaban J connectivity index is 1.88. The molecule has 0 saturated heterocycles. The van der Waals surface area contributed by atoms with Crippen LogP contribution in [0.25, 0.3) is 0 Å². The summed E-state index contributed by atoms with van der Waals surface area (Å²) in [5, 5.41) is 2.84. The second-order valence-corrected chi connectivity index (χ2v) is 7.08. The van der Waals surface area contributed by atoms with E-state index < -0.39 is 5.97 Å². The summed E-state index contributed by atoms with van der Waals surface area (Å²) in [5.74, 6) is -0.551. The fourth-order valence-corrected chi connectivity index (χ4v) is 2.66. The van der Waals surface area contributed by atoms with Gasteiger partial charge in [-0.25, -0.2) is 4.79 Å². The fourth-order valence-electron chi connectivity index (χ4n) is 2.66. The van der Waals surface area contributed by atoms with Crippen LogP contribution in [0.15, 0.2) is 48.5 Å². The Hall–Kier alpha value is -2.66. The van der Waals surface area contributed by atoms with Gasteiger partial charge >= 0.3 is 5.97 Å². The second kappa shape index (κ2) is 10.6.